The average molecular weight is 590 g/mol. The summed E-state index contributed by atoms with van der Waals surface area (Å²) in [5, 5.41) is 14.9. The summed E-state index contributed by atoms with van der Waals surface area (Å²) < 4.78 is 11.9. The molecule has 0 amide bonds. The number of halogens is 1. The van der Waals surface area contributed by atoms with Crippen molar-refractivity contribution in [3.05, 3.63) is 114 Å². The van der Waals surface area contributed by atoms with Crippen molar-refractivity contribution < 1.29 is 19.3 Å². The van der Waals surface area contributed by atoms with Crippen molar-refractivity contribution in [3.8, 4) is 6.07 Å². The second kappa shape index (κ2) is 19.1. The number of para-hydroxylation sites is 1. The summed E-state index contributed by atoms with van der Waals surface area (Å²) >= 11 is 4.64. The molecule has 7 nitrogen and oxygen atoms in total. The van der Waals surface area contributed by atoms with Crippen LogP contribution in [0.1, 0.15) is 56.8 Å². The molecule has 0 saturated heterocycles. The van der Waals surface area contributed by atoms with Gasteiger partial charge in [-0.3, -0.25) is 0 Å². The molecule has 2 atom stereocenters. The summed E-state index contributed by atoms with van der Waals surface area (Å²) in [5.74, 6) is 0.286. The first kappa shape index (κ1) is 34.1. The van der Waals surface area contributed by atoms with Crippen molar-refractivity contribution in [2.24, 2.45) is 5.92 Å². The molecule has 222 valence electrons. The third-order valence-corrected chi connectivity index (χ3v) is 6.78. The van der Waals surface area contributed by atoms with Gasteiger partial charge >= 0.3 is 5.97 Å². The zero-order chi connectivity index (χ0) is 30.7. The Bertz CT molecular complexity index is 1330. The molecule has 3 aromatic rings. The average Bonchev–Trinajstić information content (AvgIpc) is 3.51. The Morgan fingerprint density at radius 1 is 1.14 bits per heavy atom. The van der Waals surface area contributed by atoms with Crippen molar-refractivity contribution in [1.29, 1.82) is 5.26 Å². The van der Waals surface area contributed by atoms with E-state index in [9.17, 15) is 10.1 Å². The van der Waals surface area contributed by atoms with Crippen LogP contribution in [0.3, 0.4) is 0 Å². The van der Waals surface area contributed by atoms with Gasteiger partial charge in [0.15, 0.2) is 12.1 Å². The van der Waals surface area contributed by atoms with Gasteiger partial charge < -0.3 is 19.8 Å². The lowest BCUT2D eigenvalue weighted by Crippen LogP contribution is -2.85. The molecule has 3 rings (SSSR count). The Kier molecular flexibility index (Phi) is 15.5. The Morgan fingerprint density at radius 3 is 2.36 bits per heavy atom. The van der Waals surface area contributed by atoms with E-state index in [2.05, 4.69) is 53.7 Å². The van der Waals surface area contributed by atoms with Crippen molar-refractivity contribution >= 4 is 28.8 Å². The second-order valence-electron chi connectivity index (χ2n) is 9.42. The van der Waals surface area contributed by atoms with Gasteiger partial charge in [0.25, 0.3) is 0 Å². The molecule has 0 fully saturated rings. The van der Waals surface area contributed by atoms with E-state index in [1.54, 1.807) is 12.3 Å². The Balaban J connectivity index is 0.00000301. The molecule has 0 saturated carbocycles. The van der Waals surface area contributed by atoms with Gasteiger partial charge in [-0.1, -0.05) is 87.2 Å². The maximum absolute atomic E-state index is 13.6. The second-order valence-corrected chi connectivity index (χ2v) is 9.42. The number of hydrogen-bond donors (Lipinski definition) is 2. The topological polar surface area (TPSA) is 105 Å². The number of allylic oxidation sites excluding steroid dienone is 5. The molecule has 1 heterocycles. The minimum absolute atomic E-state index is 0.219. The third-order valence-electron chi connectivity index (χ3n) is 6.78. The molecular weight excluding hydrogens is 548 g/mol. The minimum atomic E-state index is -0.630. The number of quaternary nitrogens is 1. The van der Waals surface area contributed by atoms with Gasteiger partial charge in [-0.2, -0.15) is 5.26 Å². The van der Waals surface area contributed by atoms with Gasteiger partial charge in [-0.05, 0) is 37.5 Å². The Morgan fingerprint density at radius 2 is 1.79 bits per heavy atom. The maximum atomic E-state index is 13.6. The fourth-order valence-electron chi connectivity index (χ4n) is 4.57. The molecule has 1 aromatic heterocycles. The summed E-state index contributed by atoms with van der Waals surface area (Å²) in [4.78, 5) is 18.2. The molecule has 8 heteroatoms. The number of ether oxygens (including phenoxy) is 1. The minimum Gasteiger partial charge on any atom is -0.454 e. The number of nitrogens with zero attached hydrogens (tertiary/aromatic N) is 2. The number of esters is 1. The van der Waals surface area contributed by atoms with Crippen molar-refractivity contribution in [2.75, 3.05) is 18.2 Å². The van der Waals surface area contributed by atoms with Gasteiger partial charge in [0.2, 0.25) is 5.89 Å². The van der Waals surface area contributed by atoms with Crippen LogP contribution in [0.5, 0.6) is 0 Å². The van der Waals surface area contributed by atoms with E-state index >= 15 is 0 Å². The quantitative estimate of drug-likeness (QED) is 0.0871. The van der Waals surface area contributed by atoms with Crippen LogP contribution < -0.4 is 10.6 Å². The molecule has 0 aliphatic rings. The molecule has 0 bridgehead atoms. The van der Waals surface area contributed by atoms with E-state index in [1.165, 1.54) is 12.5 Å². The number of oxazole rings is 1. The predicted molar refractivity (Wildman–Crippen MR) is 170 cm³/mol. The SMILES string of the molecule is C=C/C(C#N)=C(\C=C/C)c1nc(C[NH2+]C[C@H](OC(=O)[C@H](Nc2ccccc2)c2ccccc2)C(CC)CC)co1.CCl. The number of benzene rings is 2. The van der Waals surface area contributed by atoms with Gasteiger partial charge in [0, 0.05) is 18.0 Å². The lowest BCUT2D eigenvalue weighted by atomic mass is 9.96. The highest BCUT2D eigenvalue weighted by molar-refractivity contribution is 6.15. The number of nitrogens with two attached hydrogens (primary N) is 1. The fraction of sp³-hybridized carbons (Fsp3) is 0.324. The summed E-state index contributed by atoms with van der Waals surface area (Å²) in [6.07, 6.45) is 9.70. The molecule has 0 aliphatic heterocycles. The van der Waals surface area contributed by atoms with E-state index in [4.69, 9.17) is 9.15 Å². The molecular formula is C34H42ClN4O3+. The number of carbonyl (C=O) groups is 1. The molecule has 3 N–H and O–H groups in total. The smallest absolute Gasteiger partial charge is 0.333 e. The number of anilines is 1. The zero-order valence-electron chi connectivity index (χ0n) is 24.9. The molecule has 0 spiro atoms. The van der Waals surface area contributed by atoms with Crippen LogP contribution >= 0.6 is 11.6 Å². The highest BCUT2D eigenvalue weighted by atomic mass is 35.5. The van der Waals surface area contributed by atoms with Crippen LogP contribution in [-0.4, -0.2) is 30.0 Å². The number of alkyl halides is 1. The molecule has 0 radical (unpaired) electrons. The van der Waals surface area contributed by atoms with E-state index < -0.39 is 6.04 Å². The van der Waals surface area contributed by atoms with Gasteiger partial charge in [-0.25, -0.2) is 9.78 Å². The third kappa shape index (κ3) is 10.1. The standard InChI is InChI=1S/C33H38N4O3.CH3Cl/c1-5-15-29(25(8-4)20-34)32-37-28(23-39-32)21-35-22-30(24(6-2)7-3)40-33(38)31(26-16-11-9-12-17-26)36-27-18-13-10-14-19-27;1-2/h5,8-19,23-24,30-31,35-36H,4,6-7,21-22H2,1-3H3;1H3/p+1/b15-5-,29-25-;/t30-,31+;/m0./s1. The summed E-state index contributed by atoms with van der Waals surface area (Å²) in [7, 11) is 0. The molecule has 2 aromatic carbocycles. The molecule has 0 aliphatic carbocycles. The Labute approximate surface area is 255 Å². The van der Waals surface area contributed by atoms with E-state index in [1.807, 2.05) is 73.7 Å². The first-order valence-electron chi connectivity index (χ1n) is 14.1. The van der Waals surface area contributed by atoms with Crippen LogP contribution in [0.4, 0.5) is 5.69 Å². The van der Waals surface area contributed by atoms with Crippen molar-refractivity contribution in [1.82, 2.24) is 4.98 Å². The summed E-state index contributed by atoms with van der Waals surface area (Å²) in [6, 6.07) is 20.8. The fourth-order valence-corrected chi connectivity index (χ4v) is 4.57. The number of nitrogens with one attached hydrogen (secondary N) is 1. The highest BCUT2D eigenvalue weighted by Crippen LogP contribution is 2.24. The lowest BCUT2D eigenvalue weighted by molar-refractivity contribution is -0.677. The lowest BCUT2D eigenvalue weighted by Gasteiger charge is -2.27. The first-order chi connectivity index (χ1) is 20.5. The predicted octanol–water partition coefficient (Wildman–Crippen LogP) is 6.83. The van der Waals surface area contributed by atoms with Gasteiger partial charge in [-0.15, -0.1) is 11.6 Å². The molecule has 0 unspecified atom stereocenters. The first-order valence-corrected chi connectivity index (χ1v) is 14.9. The Hall–Kier alpha value is -4.12. The van der Waals surface area contributed by atoms with Gasteiger partial charge in [0.05, 0.1) is 17.2 Å². The summed E-state index contributed by atoms with van der Waals surface area (Å²) in [6.45, 7) is 11.0. The number of hydrogen-bond acceptors (Lipinski definition) is 6. The number of nitriles is 1. The van der Waals surface area contributed by atoms with E-state index in [0.29, 0.717) is 30.1 Å². The van der Waals surface area contributed by atoms with Crippen LogP contribution in [0.15, 0.2) is 102 Å². The molecule has 42 heavy (non-hydrogen) atoms. The number of rotatable bonds is 15. The van der Waals surface area contributed by atoms with Crippen LogP contribution in [0.25, 0.3) is 5.57 Å². The van der Waals surface area contributed by atoms with Crippen LogP contribution in [0.2, 0.25) is 0 Å². The monoisotopic (exact) mass is 589 g/mol. The van der Waals surface area contributed by atoms with E-state index in [0.717, 1.165) is 29.8 Å². The normalized spacial score (nSPS) is 12.9. The number of carbonyl (C=O) groups excluding carboxylic acids is 1. The van der Waals surface area contributed by atoms with Crippen molar-refractivity contribution in [2.45, 2.75) is 52.3 Å². The van der Waals surface area contributed by atoms with Crippen molar-refractivity contribution in [3.63, 3.8) is 0 Å². The van der Waals surface area contributed by atoms with Gasteiger partial charge in [0.1, 0.15) is 25.0 Å². The van der Waals surface area contributed by atoms with E-state index in [-0.39, 0.29) is 18.0 Å². The maximum Gasteiger partial charge on any atom is 0.333 e. The van der Waals surface area contributed by atoms with Crippen LogP contribution in [0, 0.1) is 17.2 Å². The highest BCUT2D eigenvalue weighted by Gasteiger charge is 2.30. The largest absolute Gasteiger partial charge is 0.454 e. The zero-order valence-corrected chi connectivity index (χ0v) is 25.7. The summed E-state index contributed by atoms with van der Waals surface area (Å²) in [5.41, 5.74) is 3.42. The number of aromatic nitrogens is 1. The van der Waals surface area contributed by atoms with Crippen LogP contribution in [-0.2, 0) is 16.1 Å².